The smallest absolute Gasteiger partial charge is 0.227 e. The van der Waals surface area contributed by atoms with Crippen LogP contribution in [0.3, 0.4) is 0 Å². The predicted octanol–water partition coefficient (Wildman–Crippen LogP) is 3.84. The number of hydrogen-bond donors (Lipinski definition) is 1. The normalized spacial score (nSPS) is 18.3. The van der Waals surface area contributed by atoms with Gasteiger partial charge in [0.15, 0.2) is 0 Å². The summed E-state index contributed by atoms with van der Waals surface area (Å²) in [5.41, 5.74) is 1.93. The number of nitrogens with zero attached hydrogens (tertiary/aromatic N) is 2. The molecule has 162 valence electrons. The zero-order valence-electron chi connectivity index (χ0n) is 18.6. The monoisotopic (exact) mass is 411 g/mol. The van der Waals surface area contributed by atoms with Crippen LogP contribution in [0.5, 0.6) is 0 Å². The van der Waals surface area contributed by atoms with Crippen LogP contribution in [0.1, 0.15) is 36.8 Å². The second kappa shape index (κ2) is 9.71. The molecule has 0 aliphatic carbocycles. The van der Waals surface area contributed by atoms with Gasteiger partial charge in [-0.2, -0.15) is 0 Å². The van der Waals surface area contributed by atoms with Gasteiger partial charge < -0.3 is 10.2 Å². The van der Waals surface area contributed by atoms with Crippen LogP contribution in [0.15, 0.2) is 54.6 Å². The van der Waals surface area contributed by atoms with E-state index in [1.807, 2.05) is 50.3 Å². The van der Waals surface area contributed by atoms with Crippen molar-refractivity contribution in [3.63, 3.8) is 0 Å². The lowest BCUT2D eigenvalue weighted by molar-refractivity contribution is -0.138. The molecule has 1 aliphatic rings. The number of piperidine rings is 1. The standard InChI is InChI=1S/C25H34FN3O/c1-19(20-9-6-5-7-10-20)23(18-27-2)24(30)29-15-13-25(14-16-29,28(3)4)21-11-8-12-22(26)17-21/h5-12,17,19,23,27H,13-16,18H2,1-4H3/t19?,23-/m1/s1. The third-order valence-corrected chi connectivity index (χ3v) is 6.79. The molecule has 1 unspecified atom stereocenters. The minimum Gasteiger partial charge on any atom is -0.342 e. The molecule has 5 heteroatoms. The SMILES string of the molecule is CNC[C@@H](C(=O)N1CCC(c2cccc(F)c2)(N(C)C)CC1)C(C)c1ccccc1. The molecule has 2 aromatic carbocycles. The van der Waals surface area contributed by atoms with Crippen LogP contribution in [0.2, 0.25) is 0 Å². The van der Waals surface area contributed by atoms with E-state index in [2.05, 4.69) is 29.3 Å². The van der Waals surface area contributed by atoms with E-state index in [-0.39, 0.29) is 29.1 Å². The number of halogens is 1. The number of nitrogens with one attached hydrogen (secondary N) is 1. The lowest BCUT2D eigenvalue weighted by atomic mass is 9.79. The summed E-state index contributed by atoms with van der Waals surface area (Å²) in [6.45, 7) is 4.13. The highest BCUT2D eigenvalue weighted by Crippen LogP contribution is 2.38. The number of likely N-dealkylation sites (tertiary alicyclic amines) is 1. The van der Waals surface area contributed by atoms with Crippen LogP contribution in [0, 0.1) is 11.7 Å². The average molecular weight is 412 g/mol. The number of hydrogen-bond acceptors (Lipinski definition) is 3. The first-order chi connectivity index (χ1) is 14.4. The van der Waals surface area contributed by atoms with Crippen molar-refractivity contribution in [2.45, 2.75) is 31.2 Å². The maximum atomic E-state index is 13.9. The van der Waals surface area contributed by atoms with Gasteiger partial charge in [0, 0.05) is 25.2 Å². The molecule has 2 aromatic rings. The van der Waals surface area contributed by atoms with Crippen molar-refractivity contribution < 1.29 is 9.18 Å². The lowest BCUT2D eigenvalue weighted by Crippen LogP contribution is -2.53. The van der Waals surface area contributed by atoms with Gasteiger partial charge in [0.05, 0.1) is 5.92 Å². The maximum absolute atomic E-state index is 13.9. The Bertz CT molecular complexity index is 831. The van der Waals surface area contributed by atoms with Crippen LogP contribution < -0.4 is 5.32 Å². The third kappa shape index (κ3) is 4.57. The Labute approximate surface area is 180 Å². The molecular weight excluding hydrogens is 377 g/mol. The van der Waals surface area contributed by atoms with E-state index in [1.54, 1.807) is 12.1 Å². The van der Waals surface area contributed by atoms with E-state index in [0.717, 1.165) is 18.4 Å². The molecule has 1 heterocycles. The fourth-order valence-corrected chi connectivity index (χ4v) is 4.79. The first-order valence-corrected chi connectivity index (χ1v) is 10.8. The summed E-state index contributed by atoms with van der Waals surface area (Å²) in [5.74, 6) is 0.0126. The second-order valence-electron chi connectivity index (χ2n) is 8.63. The van der Waals surface area contributed by atoms with E-state index in [0.29, 0.717) is 19.6 Å². The largest absolute Gasteiger partial charge is 0.342 e. The number of amides is 1. The first-order valence-electron chi connectivity index (χ1n) is 10.8. The molecule has 0 saturated carbocycles. The van der Waals surface area contributed by atoms with Crippen LogP contribution in [-0.2, 0) is 10.3 Å². The fraction of sp³-hybridized carbons (Fsp3) is 0.480. The summed E-state index contributed by atoms with van der Waals surface area (Å²) in [5, 5.41) is 3.21. The van der Waals surface area contributed by atoms with Gasteiger partial charge in [-0.05, 0) is 63.2 Å². The Morgan fingerprint density at radius 1 is 1.13 bits per heavy atom. The summed E-state index contributed by atoms with van der Waals surface area (Å²) < 4.78 is 13.9. The molecule has 0 spiro atoms. The molecule has 0 bridgehead atoms. The van der Waals surface area contributed by atoms with E-state index in [9.17, 15) is 9.18 Å². The van der Waals surface area contributed by atoms with Crippen molar-refractivity contribution in [3.8, 4) is 0 Å². The Morgan fingerprint density at radius 2 is 1.80 bits per heavy atom. The summed E-state index contributed by atoms with van der Waals surface area (Å²) in [7, 11) is 5.99. The quantitative estimate of drug-likeness (QED) is 0.752. The molecule has 0 aromatic heterocycles. The maximum Gasteiger partial charge on any atom is 0.227 e. The molecular formula is C25H34FN3O. The molecule has 2 atom stereocenters. The van der Waals surface area contributed by atoms with Gasteiger partial charge in [-0.15, -0.1) is 0 Å². The molecule has 1 saturated heterocycles. The molecule has 3 rings (SSSR count). The van der Waals surface area contributed by atoms with Crippen LogP contribution in [0.4, 0.5) is 4.39 Å². The molecule has 1 aliphatic heterocycles. The topological polar surface area (TPSA) is 35.6 Å². The van der Waals surface area contributed by atoms with E-state index in [4.69, 9.17) is 0 Å². The average Bonchev–Trinajstić information content (AvgIpc) is 2.77. The van der Waals surface area contributed by atoms with Crippen LogP contribution in [0.25, 0.3) is 0 Å². The van der Waals surface area contributed by atoms with E-state index >= 15 is 0 Å². The van der Waals surface area contributed by atoms with Crippen molar-refractivity contribution in [2.75, 3.05) is 40.8 Å². The van der Waals surface area contributed by atoms with Gasteiger partial charge in [-0.25, -0.2) is 4.39 Å². The van der Waals surface area contributed by atoms with Crippen molar-refractivity contribution in [2.24, 2.45) is 5.92 Å². The van der Waals surface area contributed by atoms with Gasteiger partial charge in [-0.1, -0.05) is 49.4 Å². The van der Waals surface area contributed by atoms with Crippen LogP contribution >= 0.6 is 0 Å². The summed E-state index contributed by atoms with van der Waals surface area (Å²) >= 11 is 0. The van der Waals surface area contributed by atoms with Crippen LogP contribution in [-0.4, -0.2) is 56.5 Å². The number of carbonyl (C=O) groups is 1. The van der Waals surface area contributed by atoms with Gasteiger partial charge in [0.2, 0.25) is 5.91 Å². The van der Waals surface area contributed by atoms with Crippen molar-refractivity contribution in [1.82, 2.24) is 15.1 Å². The Hall–Kier alpha value is -2.24. The highest BCUT2D eigenvalue weighted by Gasteiger charge is 2.41. The van der Waals surface area contributed by atoms with Gasteiger partial charge in [0.1, 0.15) is 5.82 Å². The second-order valence-corrected chi connectivity index (χ2v) is 8.63. The number of benzene rings is 2. The number of carbonyl (C=O) groups excluding carboxylic acids is 1. The van der Waals surface area contributed by atoms with Gasteiger partial charge in [0.25, 0.3) is 0 Å². The zero-order chi connectivity index (χ0) is 21.7. The highest BCUT2D eigenvalue weighted by atomic mass is 19.1. The third-order valence-electron chi connectivity index (χ3n) is 6.79. The molecule has 4 nitrogen and oxygen atoms in total. The molecule has 0 radical (unpaired) electrons. The first kappa shape index (κ1) is 22.4. The van der Waals surface area contributed by atoms with E-state index in [1.165, 1.54) is 11.6 Å². The summed E-state index contributed by atoms with van der Waals surface area (Å²) in [4.78, 5) is 17.7. The summed E-state index contributed by atoms with van der Waals surface area (Å²) in [6.07, 6.45) is 1.59. The van der Waals surface area contributed by atoms with Crippen molar-refractivity contribution in [1.29, 1.82) is 0 Å². The highest BCUT2D eigenvalue weighted by molar-refractivity contribution is 5.80. The Kier molecular flexibility index (Phi) is 7.27. The summed E-state index contributed by atoms with van der Waals surface area (Å²) in [6, 6.07) is 17.1. The van der Waals surface area contributed by atoms with Gasteiger partial charge >= 0.3 is 0 Å². The van der Waals surface area contributed by atoms with Crippen molar-refractivity contribution in [3.05, 3.63) is 71.5 Å². The molecule has 1 amide bonds. The Balaban J connectivity index is 1.77. The lowest BCUT2D eigenvalue weighted by Gasteiger charge is -2.47. The van der Waals surface area contributed by atoms with Crippen molar-refractivity contribution >= 4 is 5.91 Å². The minimum absolute atomic E-state index is 0.113. The number of rotatable bonds is 7. The molecule has 1 fully saturated rings. The zero-order valence-corrected chi connectivity index (χ0v) is 18.6. The molecule has 30 heavy (non-hydrogen) atoms. The fourth-order valence-electron chi connectivity index (χ4n) is 4.79. The Morgan fingerprint density at radius 3 is 2.37 bits per heavy atom. The van der Waals surface area contributed by atoms with E-state index < -0.39 is 0 Å². The molecule has 1 N–H and O–H groups in total. The minimum atomic E-state index is -0.248. The predicted molar refractivity (Wildman–Crippen MR) is 120 cm³/mol. The van der Waals surface area contributed by atoms with Gasteiger partial charge in [-0.3, -0.25) is 9.69 Å².